The van der Waals surface area contributed by atoms with Gasteiger partial charge in [0, 0.05) is 39.9 Å². The molecule has 4 rings (SSSR count). The maximum atomic E-state index is 4.69. The van der Waals surface area contributed by atoms with Crippen LogP contribution in [0, 0.1) is 6.92 Å². The first-order valence-corrected chi connectivity index (χ1v) is 10.1. The van der Waals surface area contributed by atoms with E-state index < -0.39 is 0 Å². The number of rotatable bonds is 5. The predicted molar refractivity (Wildman–Crippen MR) is 105 cm³/mol. The molecule has 2 heterocycles. The fourth-order valence-corrected chi connectivity index (χ4v) is 3.27. The van der Waals surface area contributed by atoms with E-state index in [2.05, 4.69) is 63.0 Å². The van der Waals surface area contributed by atoms with Crippen LogP contribution in [-0.4, -0.2) is 32.3 Å². The monoisotopic (exact) mass is 351 g/mol. The van der Waals surface area contributed by atoms with Crippen LogP contribution < -0.4 is 5.32 Å². The Bertz CT molecular complexity index is 925. The van der Waals surface area contributed by atoms with Crippen molar-refractivity contribution in [1.29, 1.82) is 0 Å². The van der Waals surface area contributed by atoms with Gasteiger partial charge in [0.15, 0.2) is 11.6 Å². The maximum absolute atomic E-state index is 4.69. The molecule has 1 aliphatic rings. The van der Waals surface area contributed by atoms with Gasteiger partial charge in [-0.2, -0.15) is 15.6 Å². The molecule has 6 heteroatoms. The maximum Gasteiger partial charge on any atom is 0.161 e. The molecule has 0 bridgehead atoms. The molecule has 5 nitrogen and oxygen atoms in total. The van der Waals surface area contributed by atoms with E-state index in [4.69, 9.17) is 4.98 Å². The minimum Gasteiger partial charge on any atom is -0.323 e. The summed E-state index contributed by atoms with van der Waals surface area (Å²) in [5, 5.41) is 10.8. The summed E-state index contributed by atoms with van der Waals surface area (Å²) >= 11 is 0. The fraction of sp³-hybridized carbons (Fsp3) is 0.263. The molecule has 0 spiro atoms. The fourth-order valence-electron chi connectivity index (χ4n) is 2.67. The zero-order valence-corrected chi connectivity index (χ0v) is 15.2. The third-order valence-electron chi connectivity index (χ3n) is 4.35. The summed E-state index contributed by atoms with van der Waals surface area (Å²) in [5.74, 6) is 7.03. The van der Waals surface area contributed by atoms with E-state index in [1.54, 1.807) is 0 Å². The highest BCUT2D eigenvalue weighted by Gasteiger charge is 2.25. The number of aromatic amines is 1. The average Bonchev–Trinajstić information content (AvgIpc) is 3.36. The van der Waals surface area contributed by atoms with Crippen LogP contribution in [0.4, 0.5) is 11.6 Å². The molecule has 128 valence electrons. The number of aromatic nitrogens is 4. The first kappa shape index (κ1) is 16.0. The highest BCUT2D eigenvalue weighted by atomic mass is 32.2. The van der Waals surface area contributed by atoms with Crippen LogP contribution in [0.15, 0.2) is 41.4 Å². The molecule has 1 aliphatic carbocycles. The third-order valence-corrected chi connectivity index (χ3v) is 5.42. The van der Waals surface area contributed by atoms with E-state index in [0.29, 0.717) is 11.7 Å². The van der Waals surface area contributed by atoms with Crippen molar-refractivity contribution in [3.8, 4) is 11.4 Å². The Morgan fingerprint density at radius 3 is 2.68 bits per heavy atom. The second-order valence-corrected chi connectivity index (χ2v) is 8.24. The minimum absolute atomic E-state index is 0.0103. The van der Waals surface area contributed by atoms with Crippen LogP contribution in [0.25, 0.3) is 11.4 Å². The second kappa shape index (κ2) is 6.44. The normalized spacial score (nSPS) is 15.1. The first-order valence-electron chi connectivity index (χ1n) is 8.32. The number of hydrogen-bond donors (Lipinski definition) is 2. The molecule has 1 atom stereocenters. The standard InChI is InChI=1S/C19H21N5S/c1-12-11-20-19(14-6-8-15(9-7-14)25(2)3)22-18(12)21-17-10-16(23-24-17)13-4-5-13/h6-11,13H,2,4-5H2,1,3H3,(H2,20,21,22,23,24). The Labute approximate surface area is 149 Å². The number of benzene rings is 1. The summed E-state index contributed by atoms with van der Waals surface area (Å²) in [6.07, 6.45) is 6.46. The highest BCUT2D eigenvalue weighted by molar-refractivity contribution is 8.13. The van der Waals surface area contributed by atoms with Crippen LogP contribution in [-0.2, 0) is 0 Å². The van der Waals surface area contributed by atoms with Gasteiger partial charge >= 0.3 is 0 Å². The lowest BCUT2D eigenvalue weighted by molar-refractivity contribution is 0.966. The molecule has 2 aromatic heterocycles. The van der Waals surface area contributed by atoms with Crippen molar-refractivity contribution in [2.24, 2.45) is 0 Å². The van der Waals surface area contributed by atoms with E-state index in [-0.39, 0.29) is 10.5 Å². The largest absolute Gasteiger partial charge is 0.323 e. The Morgan fingerprint density at radius 1 is 1.24 bits per heavy atom. The molecule has 1 unspecified atom stereocenters. The molecule has 0 radical (unpaired) electrons. The molecule has 3 aromatic rings. The van der Waals surface area contributed by atoms with E-state index in [0.717, 1.165) is 22.8 Å². The SMILES string of the molecule is C=S(C)c1ccc(-c2ncc(C)c(Nc3cc(C4CC4)[nH]n3)n2)cc1. The van der Waals surface area contributed by atoms with Crippen molar-refractivity contribution < 1.29 is 0 Å². The van der Waals surface area contributed by atoms with Crippen molar-refractivity contribution in [2.45, 2.75) is 30.6 Å². The lowest BCUT2D eigenvalue weighted by Gasteiger charge is -2.08. The summed E-state index contributed by atoms with van der Waals surface area (Å²) in [4.78, 5) is 10.4. The highest BCUT2D eigenvalue weighted by Crippen LogP contribution is 2.39. The molecule has 25 heavy (non-hydrogen) atoms. The summed E-state index contributed by atoms with van der Waals surface area (Å²) < 4.78 is 0. The van der Waals surface area contributed by atoms with Crippen molar-refractivity contribution >= 4 is 28.0 Å². The van der Waals surface area contributed by atoms with Gasteiger partial charge in [0.05, 0.1) is 0 Å². The minimum atomic E-state index is 0.0103. The predicted octanol–water partition coefficient (Wildman–Crippen LogP) is 4.49. The number of hydrogen-bond acceptors (Lipinski definition) is 4. The van der Waals surface area contributed by atoms with Crippen LogP contribution in [0.1, 0.15) is 30.0 Å². The van der Waals surface area contributed by atoms with Crippen molar-refractivity contribution in [1.82, 2.24) is 20.2 Å². The summed E-state index contributed by atoms with van der Waals surface area (Å²) in [6.45, 7) is 2.00. The topological polar surface area (TPSA) is 66.5 Å². The number of H-pyrrole nitrogens is 1. The van der Waals surface area contributed by atoms with E-state index >= 15 is 0 Å². The van der Waals surface area contributed by atoms with Crippen LogP contribution in [0.5, 0.6) is 0 Å². The average molecular weight is 351 g/mol. The van der Waals surface area contributed by atoms with Gasteiger partial charge in [-0.1, -0.05) is 18.0 Å². The molecule has 0 amide bonds. The molecule has 1 saturated carbocycles. The van der Waals surface area contributed by atoms with E-state index in [1.807, 2.05) is 13.1 Å². The zero-order valence-electron chi connectivity index (χ0n) is 14.4. The molecular weight excluding hydrogens is 330 g/mol. The molecule has 1 aromatic carbocycles. The molecule has 1 fully saturated rings. The van der Waals surface area contributed by atoms with Gasteiger partial charge in [0.1, 0.15) is 5.82 Å². The molecule has 0 aliphatic heterocycles. The van der Waals surface area contributed by atoms with Crippen molar-refractivity contribution in [3.05, 3.63) is 47.8 Å². The Balaban J connectivity index is 1.59. The number of aryl methyl sites for hydroxylation is 1. The van der Waals surface area contributed by atoms with Crippen molar-refractivity contribution in [3.63, 3.8) is 0 Å². The van der Waals surface area contributed by atoms with Gasteiger partial charge in [-0.25, -0.2) is 9.97 Å². The zero-order chi connectivity index (χ0) is 17.4. The van der Waals surface area contributed by atoms with E-state index in [9.17, 15) is 0 Å². The second-order valence-electron chi connectivity index (χ2n) is 6.49. The molecule has 2 N–H and O–H groups in total. The van der Waals surface area contributed by atoms with Crippen LogP contribution >= 0.6 is 10.5 Å². The summed E-state index contributed by atoms with van der Waals surface area (Å²) in [5.41, 5.74) is 3.19. The number of nitrogens with one attached hydrogen (secondary N) is 2. The molecule has 0 saturated heterocycles. The van der Waals surface area contributed by atoms with Crippen LogP contribution in [0.3, 0.4) is 0 Å². The van der Waals surface area contributed by atoms with Gasteiger partial charge in [0.2, 0.25) is 0 Å². The lowest BCUT2D eigenvalue weighted by atomic mass is 10.2. The van der Waals surface area contributed by atoms with Gasteiger partial charge < -0.3 is 5.32 Å². The first-order chi connectivity index (χ1) is 12.1. The van der Waals surface area contributed by atoms with Gasteiger partial charge in [-0.15, -0.1) is 0 Å². The van der Waals surface area contributed by atoms with Crippen LogP contribution in [0.2, 0.25) is 0 Å². The summed E-state index contributed by atoms with van der Waals surface area (Å²) in [7, 11) is 0.0103. The Morgan fingerprint density at radius 2 is 2.00 bits per heavy atom. The number of anilines is 2. The Kier molecular flexibility index (Phi) is 4.13. The molecular formula is C19H21N5S. The van der Waals surface area contributed by atoms with E-state index in [1.165, 1.54) is 23.4 Å². The van der Waals surface area contributed by atoms with Crippen molar-refractivity contribution in [2.75, 3.05) is 11.6 Å². The van der Waals surface area contributed by atoms with Gasteiger partial charge in [0.25, 0.3) is 0 Å². The lowest BCUT2D eigenvalue weighted by Crippen LogP contribution is -2.00. The number of nitrogens with zero attached hydrogens (tertiary/aromatic N) is 3. The third kappa shape index (κ3) is 3.49. The smallest absolute Gasteiger partial charge is 0.161 e. The summed E-state index contributed by atoms with van der Waals surface area (Å²) in [6, 6.07) is 10.4. The quantitative estimate of drug-likeness (QED) is 0.665. The van der Waals surface area contributed by atoms with Gasteiger partial charge in [-0.05, 0) is 38.2 Å². The Hall–Kier alpha value is -2.47. The van der Waals surface area contributed by atoms with Gasteiger partial charge in [-0.3, -0.25) is 5.10 Å².